The second kappa shape index (κ2) is 8.58. The number of hydrogen-bond acceptors (Lipinski definition) is 4. The molecule has 2 aromatic rings. The predicted molar refractivity (Wildman–Crippen MR) is 107 cm³/mol. The van der Waals surface area contributed by atoms with Crippen LogP contribution < -0.4 is 22.1 Å². The SMILES string of the molecule is NC(=O)c1ccccc1N.O=C1NC(C2CCCCC2)Nc2ccccc21. The van der Waals surface area contributed by atoms with Crippen molar-refractivity contribution in [3.63, 3.8) is 0 Å². The molecule has 1 aliphatic carbocycles. The fourth-order valence-corrected chi connectivity index (χ4v) is 3.65. The Bertz CT molecular complexity index is 815. The van der Waals surface area contributed by atoms with Crippen LogP contribution in [0.5, 0.6) is 0 Å². The second-order valence-corrected chi connectivity index (χ2v) is 6.99. The van der Waals surface area contributed by atoms with Gasteiger partial charge in [-0.2, -0.15) is 0 Å². The van der Waals surface area contributed by atoms with Crippen LogP contribution >= 0.6 is 0 Å². The Morgan fingerprint density at radius 2 is 1.59 bits per heavy atom. The quantitative estimate of drug-likeness (QED) is 0.612. The third-order valence-electron chi connectivity index (χ3n) is 5.12. The lowest BCUT2D eigenvalue weighted by Gasteiger charge is -2.35. The van der Waals surface area contributed by atoms with Crippen molar-refractivity contribution in [3.8, 4) is 0 Å². The third-order valence-corrected chi connectivity index (χ3v) is 5.12. The number of amides is 2. The van der Waals surface area contributed by atoms with Gasteiger partial charge in [0, 0.05) is 11.4 Å². The summed E-state index contributed by atoms with van der Waals surface area (Å²) in [6, 6.07) is 14.4. The molecule has 1 atom stereocenters. The van der Waals surface area contributed by atoms with Crippen molar-refractivity contribution in [1.29, 1.82) is 0 Å². The van der Waals surface area contributed by atoms with E-state index < -0.39 is 5.91 Å². The Labute approximate surface area is 159 Å². The normalized spacial score (nSPS) is 19.0. The van der Waals surface area contributed by atoms with E-state index >= 15 is 0 Å². The number of carbonyl (C=O) groups is 2. The van der Waals surface area contributed by atoms with Gasteiger partial charge in [0.25, 0.3) is 11.8 Å². The summed E-state index contributed by atoms with van der Waals surface area (Å²) in [6.07, 6.45) is 6.49. The number of fused-ring (bicyclic) bond motifs is 1. The van der Waals surface area contributed by atoms with E-state index in [-0.39, 0.29) is 12.1 Å². The predicted octanol–water partition coefficient (Wildman–Crippen LogP) is 3.12. The van der Waals surface area contributed by atoms with Gasteiger partial charge in [-0.25, -0.2) is 0 Å². The molecule has 0 radical (unpaired) electrons. The van der Waals surface area contributed by atoms with Crippen molar-refractivity contribution >= 4 is 23.2 Å². The molecule has 6 N–H and O–H groups in total. The minimum atomic E-state index is -0.488. The highest BCUT2D eigenvalue weighted by atomic mass is 16.2. The molecule has 1 unspecified atom stereocenters. The fourth-order valence-electron chi connectivity index (χ4n) is 3.65. The molecule has 0 spiro atoms. The number of rotatable bonds is 2. The Morgan fingerprint density at radius 3 is 2.26 bits per heavy atom. The van der Waals surface area contributed by atoms with Gasteiger partial charge in [0.1, 0.15) is 6.17 Å². The Balaban J connectivity index is 0.000000180. The van der Waals surface area contributed by atoms with E-state index in [9.17, 15) is 9.59 Å². The van der Waals surface area contributed by atoms with Gasteiger partial charge < -0.3 is 22.1 Å². The number of nitrogens with one attached hydrogen (secondary N) is 2. The molecule has 0 bridgehead atoms. The van der Waals surface area contributed by atoms with Gasteiger partial charge in [0.2, 0.25) is 0 Å². The average molecular weight is 366 g/mol. The number of nitrogen functional groups attached to an aromatic ring is 1. The van der Waals surface area contributed by atoms with Crippen LogP contribution in [0.2, 0.25) is 0 Å². The summed E-state index contributed by atoms with van der Waals surface area (Å²) in [6.45, 7) is 0. The maximum Gasteiger partial charge on any atom is 0.254 e. The Kier molecular flexibility index (Phi) is 5.96. The van der Waals surface area contributed by atoms with Crippen LogP contribution in [0.4, 0.5) is 11.4 Å². The van der Waals surface area contributed by atoms with Crippen molar-refractivity contribution in [2.45, 2.75) is 38.3 Å². The molecule has 1 heterocycles. The fraction of sp³-hybridized carbons (Fsp3) is 0.333. The van der Waals surface area contributed by atoms with E-state index in [4.69, 9.17) is 11.5 Å². The maximum atomic E-state index is 12.0. The topological polar surface area (TPSA) is 110 Å². The lowest BCUT2D eigenvalue weighted by Crippen LogP contribution is -2.49. The van der Waals surface area contributed by atoms with E-state index in [2.05, 4.69) is 10.6 Å². The molecule has 0 aromatic heterocycles. The third kappa shape index (κ3) is 4.58. The lowest BCUT2D eigenvalue weighted by atomic mass is 9.86. The first kappa shape index (κ1) is 18.8. The highest BCUT2D eigenvalue weighted by Gasteiger charge is 2.29. The van der Waals surface area contributed by atoms with Gasteiger partial charge in [0.15, 0.2) is 0 Å². The van der Waals surface area contributed by atoms with Crippen LogP contribution in [0.15, 0.2) is 48.5 Å². The largest absolute Gasteiger partial charge is 0.398 e. The van der Waals surface area contributed by atoms with Crippen LogP contribution in [0.25, 0.3) is 0 Å². The standard InChI is InChI=1S/C14H18N2O.C7H8N2O/c17-14-11-8-4-5-9-12(11)15-13(16-14)10-6-2-1-3-7-10;8-6-4-2-1-3-5(6)7(9)10/h4-5,8-10,13,15H,1-3,6-7H2,(H,16,17);1-4H,8H2,(H2,9,10). The first-order chi connectivity index (χ1) is 13.1. The molecular weight excluding hydrogens is 340 g/mol. The lowest BCUT2D eigenvalue weighted by molar-refractivity contribution is 0.0913. The zero-order valence-corrected chi connectivity index (χ0v) is 15.3. The summed E-state index contributed by atoms with van der Waals surface area (Å²) >= 11 is 0. The zero-order chi connectivity index (χ0) is 19.2. The van der Waals surface area contributed by atoms with E-state index in [0.717, 1.165) is 11.3 Å². The monoisotopic (exact) mass is 366 g/mol. The van der Waals surface area contributed by atoms with Crippen molar-refractivity contribution < 1.29 is 9.59 Å². The molecule has 1 saturated carbocycles. The number of carbonyl (C=O) groups excluding carboxylic acids is 2. The van der Waals surface area contributed by atoms with Gasteiger partial charge in [-0.1, -0.05) is 43.5 Å². The molecule has 2 aromatic carbocycles. The van der Waals surface area contributed by atoms with E-state index in [1.807, 2.05) is 24.3 Å². The molecule has 6 nitrogen and oxygen atoms in total. The summed E-state index contributed by atoms with van der Waals surface area (Å²) in [5.74, 6) is 0.161. The van der Waals surface area contributed by atoms with E-state index in [1.54, 1.807) is 24.3 Å². The number of benzene rings is 2. The number of para-hydroxylation sites is 2. The summed E-state index contributed by atoms with van der Waals surface area (Å²) in [7, 11) is 0. The van der Waals surface area contributed by atoms with Crippen molar-refractivity contribution in [2.24, 2.45) is 11.7 Å². The molecule has 2 amide bonds. The first-order valence-corrected chi connectivity index (χ1v) is 9.37. The van der Waals surface area contributed by atoms with Crippen LogP contribution in [-0.4, -0.2) is 18.0 Å². The van der Waals surface area contributed by atoms with Crippen LogP contribution in [0.1, 0.15) is 52.8 Å². The van der Waals surface area contributed by atoms with Crippen molar-refractivity contribution in [1.82, 2.24) is 5.32 Å². The van der Waals surface area contributed by atoms with Crippen molar-refractivity contribution in [2.75, 3.05) is 11.1 Å². The van der Waals surface area contributed by atoms with Crippen molar-refractivity contribution in [3.05, 3.63) is 59.7 Å². The maximum absolute atomic E-state index is 12.0. The van der Waals surface area contributed by atoms with Gasteiger partial charge in [-0.05, 0) is 43.0 Å². The average Bonchev–Trinajstić information content (AvgIpc) is 2.69. The number of primary amides is 1. The Morgan fingerprint density at radius 1 is 0.926 bits per heavy atom. The van der Waals surface area contributed by atoms with Crippen LogP contribution in [-0.2, 0) is 0 Å². The first-order valence-electron chi connectivity index (χ1n) is 9.37. The summed E-state index contributed by atoms with van der Waals surface area (Å²) in [4.78, 5) is 22.6. The number of hydrogen-bond donors (Lipinski definition) is 4. The minimum Gasteiger partial charge on any atom is -0.398 e. The second-order valence-electron chi connectivity index (χ2n) is 6.99. The highest BCUT2D eigenvalue weighted by Crippen LogP contribution is 2.30. The molecule has 0 saturated heterocycles. The van der Waals surface area contributed by atoms with Gasteiger partial charge in [-0.15, -0.1) is 0 Å². The van der Waals surface area contributed by atoms with Crippen LogP contribution in [0, 0.1) is 5.92 Å². The molecule has 142 valence electrons. The molecular formula is C21H26N4O2. The van der Waals surface area contributed by atoms with Gasteiger partial charge in [-0.3, -0.25) is 9.59 Å². The number of nitrogens with two attached hydrogens (primary N) is 2. The zero-order valence-electron chi connectivity index (χ0n) is 15.3. The molecule has 1 aliphatic heterocycles. The number of anilines is 2. The van der Waals surface area contributed by atoms with E-state index in [1.165, 1.54) is 32.1 Å². The molecule has 2 aliphatic rings. The van der Waals surface area contributed by atoms with E-state index in [0.29, 0.717) is 17.2 Å². The molecule has 1 fully saturated rings. The smallest absolute Gasteiger partial charge is 0.254 e. The highest BCUT2D eigenvalue weighted by molar-refractivity contribution is 6.01. The molecule has 27 heavy (non-hydrogen) atoms. The molecule has 4 rings (SSSR count). The van der Waals surface area contributed by atoms with Gasteiger partial charge >= 0.3 is 0 Å². The van der Waals surface area contributed by atoms with Crippen LogP contribution in [0.3, 0.4) is 0 Å². The minimum absolute atomic E-state index is 0.0647. The Hall–Kier alpha value is -3.02. The molecule has 6 heteroatoms. The summed E-state index contributed by atoms with van der Waals surface area (Å²) in [5.41, 5.74) is 13.0. The van der Waals surface area contributed by atoms with Gasteiger partial charge in [0.05, 0.1) is 11.1 Å². The summed E-state index contributed by atoms with van der Waals surface area (Å²) < 4.78 is 0. The summed E-state index contributed by atoms with van der Waals surface area (Å²) in [5, 5.41) is 6.56.